The molecule has 0 aromatic heterocycles. The Morgan fingerprint density at radius 1 is 1.47 bits per heavy atom. The van der Waals surface area contributed by atoms with Crippen molar-refractivity contribution in [1.82, 2.24) is 5.32 Å². The number of carbonyl (C=O) groups is 1. The first-order valence-corrected chi connectivity index (χ1v) is 4.79. The summed E-state index contributed by atoms with van der Waals surface area (Å²) in [5, 5.41) is 2.78. The second kappa shape index (κ2) is 4.68. The number of amides is 1. The summed E-state index contributed by atoms with van der Waals surface area (Å²) in [5.74, 6) is 0.285. The van der Waals surface area contributed by atoms with E-state index in [9.17, 15) is 4.79 Å². The minimum Gasteiger partial charge on any atom is -0.496 e. The number of hydrogen-bond donors (Lipinski definition) is 2. The molecular formula is C11H16N2O2. The van der Waals surface area contributed by atoms with E-state index in [1.165, 1.54) is 7.11 Å². The van der Waals surface area contributed by atoms with E-state index < -0.39 is 0 Å². The van der Waals surface area contributed by atoms with Crippen molar-refractivity contribution >= 4 is 11.6 Å². The Morgan fingerprint density at radius 3 is 2.67 bits per heavy atom. The Kier molecular flexibility index (Phi) is 3.55. The van der Waals surface area contributed by atoms with E-state index in [1.54, 1.807) is 18.2 Å². The van der Waals surface area contributed by atoms with Gasteiger partial charge in [-0.3, -0.25) is 4.79 Å². The van der Waals surface area contributed by atoms with Crippen molar-refractivity contribution in [2.24, 2.45) is 0 Å². The van der Waals surface area contributed by atoms with Crippen LogP contribution in [0.1, 0.15) is 24.2 Å². The predicted molar refractivity (Wildman–Crippen MR) is 60.0 cm³/mol. The van der Waals surface area contributed by atoms with Crippen LogP contribution in [0, 0.1) is 0 Å². The standard InChI is InChI=1S/C11H16N2O2/c1-7(2)13-11(14)10-8(12)5-4-6-9(10)15-3/h4-7H,12H2,1-3H3,(H,13,14). The number of ether oxygens (including phenoxy) is 1. The van der Waals surface area contributed by atoms with Gasteiger partial charge in [0.15, 0.2) is 0 Å². The first kappa shape index (κ1) is 11.4. The number of nitrogens with one attached hydrogen (secondary N) is 1. The van der Waals surface area contributed by atoms with Crippen molar-refractivity contribution in [3.8, 4) is 5.75 Å². The lowest BCUT2D eigenvalue weighted by atomic mass is 10.1. The quantitative estimate of drug-likeness (QED) is 0.738. The molecule has 0 spiro atoms. The maximum Gasteiger partial charge on any atom is 0.257 e. The van der Waals surface area contributed by atoms with Crippen LogP contribution in [0.3, 0.4) is 0 Å². The highest BCUT2D eigenvalue weighted by molar-refractivity contribution is 6.01. The van der Waals surface area contributed by atoms with Gasteiger partial charge in [-0.2, -0.15) is 0 Å². The molecule has 0 aliphatic rings. The second-order valence-electron chi connectivity index (χ2n) is 3.55. The molecule has 0 saturated heterocycles. The van der Waals surface area contributed by atoms with Crippen LogP contribution in [-0.2, 0) is 0 Å². The smallest absolute Gasteiger partial charge is 0.257 e. The van der Waals surface area contributed by atoms with Gasteiger partial charge in [0.05, 0.1) is 7.11 Å². The first-order chi connectivity index (χ1) is 7.06. The number of benzene rings is 1. The molecule has 0 fully saturated rings. The number of nitrogens with two attached hydrogens (primary N) is 1. The second-order valence-corrected chi connectivity index (χ2v) is 3.55. The summed E-state index contributed by atoms with van der Waals surface area (Å²) in [6, 6.07) is 5.21. The molecule has 1 rings (SSSR count). The van der Waals surface area contributed by atoms with Crippen molar-refractivity contribution in [2.75, 3.05) is 12.8 Å². The largest absolute Gasteiger partial charge is 0.496 e. The fourth-order valence-corrected chi connectivity index (χ4v) is 1.30. The fourth-order valence-electron chi connectivity index (χ4n) is 1.30. The molecule has 0 unspecified atom stereocenters. The summed E-state index contributed by atoms with van der Waals surface area (Å²) in [6.45, 7) is 3.78. The summed E-state index contributed by atoms with van der Waals surface area (Å²) >= 11 is 0. The summed E-state index contributed by atoms with van der Waals surface area (Å²) in [4.78, 5) is 11.8. The Hall–Kier alpha value is -1.71. The fraction of sp³-hybridized carbons (Fsp3) is 0.364. The topological polar surface area (TPSA) is 64.3 Å². The molecule has 0 radical (unpaired) electrons. The number of rotatable bonds is 3. The minimum atomic E-state index is -0.208. The minimum absolute atomic E-state index is 0.0711. The third kappa shape index (κ3) is 2.62. The monoisotopic (exact) mass is 208 g/mol. The molecule has 4 heteroatoms. The van der Waals surface area contributed by atoms with Gasteiger partial charge in [-0.25, -0.2) is 0 Å². The Balaban J connectivity index is 3.06. The van der Waals surface area contributed by atoms with E-state index in [4.69, 9.17) is 10.5 Å². The lowest BCUT2D eigenvalue weighted by Gasteiger charge is -2.13. The van der Waals surface area contributed by atoms with Crippen molar-refractivity contribution < 1.29 is 9.53 Å². The van der Waals surface area contributed by atoms with E-state index in [-0.39, 0.29) is 11.9 Å². The molecule has 4 nitrogen and oxygen atoms in total. The van der Waals surface area contributed by atoms with Crippen molar-refractivity contribution in [1.29, 1.82) is 0 Å². The Bertz CT molecular complexity index is 362. The molecule has 1 aromatic carbocycles. The van der Waals surface area contributed by atoms with E-state index >= 15 is 0 Å². The van der Waals surface area contributed by atoms with Crippen LogP contribution in [0.2, 0.25) is 0 Å². The normalized spacial score (nSPS) is 10.1. The molecular weight excluding hydrogens is 192 g/mol. The molecule has 0 atom stereocenters. The molecule has 1 amide bonds. The zero-order valence-electron chi connectivity index (χ0n) is 9.20. The maximum atomic E-state index is 11.8. The van der Waals surface area contributed by atoms with Crippen LogP contribution >= 0.6 is 0 Å². The lowest BCUT2D eigenvalue weighted by molar-refractivity contribution is 0.0941. The van der Waals surface area contributed by atoms with Crippen LogP contribution in [0.15, 0.2) is 18.2 Å². The van der Waals surface area contributed by atoms with E-state index in [1.807, 2.05) is 13.8 Å². The van der Waals surface area contributed by atoms with Crippen molar-refractivity contribution in [3.05, 3.63) is 23.8 Å². The van der Waals surface area contributed by atoms with Gasteiger partial charge >= 0.3 is 0 Å². The highest BCUT2D eigenvalue weighted by Crippen LogP contribution is 2.23. The van der Waals surface area contributed by atoms with E-state index in [0.29, 0.717) is 17.0 Å². The van der Waals surface area contributed by atoms with Crippen LogP contribution in [-0.4, -0.2) is 19.1 Å². The molecule has 0 saturated carbocycles. The van der Waals surface area contributed by atoms with Gasteiger partial charge in [0, 0.05) is 11.7 Å². The van der Waals surface area contributed by atoms with Crippen molar-refractivity contribution in [3.63, 3.8) is 0 Å². The molecule has 15 heavy (non-hydrogen) atoms. The van der Waals surface area contributed by atoms with Gasteiger partial charge < -0.3 is 15.8 Å². The van der Waals surface area contributed by atoms with Crippen LogP contribution in [0.25, 0.3) is 0 Å². The van der Waals surface area contributed by atoms with Gasteiger partial charge in [-0.15, -0.1) is 0 Å². The van der Waals surface area contributed by atoms with Crippen LogP contribution < -0.4 is 15.8 Å². The number of methoxy groups -OCH3 is 1. The third-order valence-electron chi connectivity index (χ3n) is 1.93. The van der Waals surface area contributed by atoms with Gasteiger partial charge in [-0.1, -0.05) is 6.07 Å². The third-order valence-corrected chi connectivity index (χ3v) is 1.93. The average molecular weight is 208 g/mol. The summed E-state index contributed by atoms with van der Waals surface area (Å²) in [7, 11) is 1.51. The van der Waals surface area contributed by atoms with E-state index in [2.05, 4.69) is 5.32 Å². The average Bonchev–Trinajstić information content (AvgIpc) is 2.15. The highest BCUT2D eigenvalue weighted by Gasteiger charge is 2.15. The first-order valence-electron chi connectivity index (χ1n) is 4.79. The molecule has 0 bridgehead atoms. The molecule has 82 valence electrons. The van der Waals surface area contributed by atoms with Gasteiger partial charge in [-0.05, 0) is 26.0 Å². The molecule has 1 aromatic rings. The lowest BCUT2D eigenvalue weighted by Crippen LogP contribution is -2.31. The molecule has 0 heterocycles. The van der Waals surface area contributed by atoms with Gasteiger partial charge in [0.2, 0.25) is 0 Å². The zero-order chi connectivity index (χ0) is 11.4. The predicted octanol–water partition coefficient (Wildman–Crippen LogP) is 1.42. The molecule has 3 N–H and O–H groups in total. The molecule has 0 aliphatic carbocycles. The summed E-state index contributed by atoms with van der Waals surface area (Å²) in [5.41, 5.74) is 6.55. The summed E-state index contributed by atoms with van der Waals surface area (Å²) < 4.78 is 5.09. The van der Waals surface area contributed by atoms with E-state index in [0.717, 1.165) is 0 Å². The van der Waals surface area contributed by atoms with Crippen molar-refractivity contribution in [2.45, 2.75) is 19.9 Å². The number of carbonyl (C=O) groups excluding carboxylic acids is 1. The highest BCUT2D eigenvalue weighted by atomic mass is 16.5. The number of nitrogen functional groups attached to an aromatic ring is 1. The number of anilines is 1. The molecule has 0 aliphatic heterocycles. The maximum absolute atomic E-state index is 11.8. The Morgan fingerprint density at radius 2 is 2.13 bits per heavy atom. The van der Waals surface area contributed by atoms with Gasteiger partial charge in [0.1, 0.15) is 11.3 Å². The number of hydrogen-bond acceptors (Lipinski definition) is 3. The Labute approximate surface area is 89.4 Å². The van der Waals surface area contributed by atoms with Gasteiger partial charge in [0.25, 0.3) is 5.91 Å². The van der Waals surface area contributed by atoms with Crippen LogP contribution in [0.4, 0.5) is 5.69 Å². The summed E-state index contributed by atoms with van der Waals surface area (Å²) in [6.07, 6.45) is 0. The zero-order valence-corrected chi connectivity index (χ0v) is 9.20. The van der Waals surface area contributed by atoms with Crippen LogP contribution in [0.5, 0.6) is 5.75 Å². The SMILES string of the molecule is COc1cccc(N)c1C(=O)NC(C)C.